The second kappa shape index (κ2) is 4.33. The molecule has 1 rings (SSSR count). The average molecular weight is 275 g/mol. The van der Waals surface area contributed by atoms with Gasteiger partial charge in [-0.15, -0.1) is 0 Å². The lowest BCUT2D eigenvalue weighted by Crippen LogP contribution is -2.73. The zero-order valence-electron chi connectivity index (χ0n) is 7.87. The summed E-state index contributed by atoms with van der Waals surface area (Å²) < 4.78 is 20.2. The maximum Gasteiger partial charge on any atom is 0.496 e. The van der Waals surface area contributed by atoms with E-state index in [1.54, 1.807) is 0 Å². The highest BCUT2D eigenvalue weighted by Crippen LogP contribution is 2.42. The summed E-state index contributed by atoms with van der Waals surface area (Å²) in [6.07, 6.45) is 0.475. The second-order valence-corrected chi connectivity index (χ2v) is 10.9. The van der Waals surface area contributed by atoms with E-state index in [9.17, 15) is 14.2 Å². The van der Waals surface area contributed by atoms with Crippen molar-refractivity contribution < 1.29 is 32.2 Å². The van der Waals surface area contributed by atoms with Crippen molar-refractivity contribution in [1.82, 2.24) is 0 Å². The molecule has 0 aromatic rings. The van der Waals surface area contributed by atoms with Gasteiger partial charge in [0.15, 0.2) is 0 Å². The van der Waals surface area contributed by atoms with E-state index >= 15 is 0 Å². The van der Waals surface area contributed by atoms with E-state index < -0.39 is 31.0 Å². The minimum atomic E-state index is -4.39. The van der Waals surface area contributed by atoms with E-state index in [2.05, 4.69) is 0 Å². The van der Waals surface area contributed by atoms with Gasteiger partial charge in [-0.2, -0.15) is 0 Å². The van der Waals surface area contributed by atoms with Crippen LogP contribution < -0.4 is 5.73 Å². The normalized spacial score (nSPS) is 36.3. The molecule has 0 aromatic heterocycles. The van der Waals surface area contributed by atoms with Crippen molar-refractivity contribution in [3.05, 3.63) is 0 Å². The van der Waals surface area contributed by atoms with Gasteiger partial charge in [-0.25, -0.2) is 0 Å². The Kier molecular flexibility index (Phi) is 3.89. The average Bonchev–Trinajstić information content (AvgIpc) is 1.94. The molecular weight excluding hydrogens is 261 g/mol. The van der Waals surface area contributed by atoms with E-state index in [1.807, 2.05) is 0 Å². The first-order valence-corrected chi connectivity index (χ1v) is 10.0. The molecule has 1 aliphatic rings. The molecule has 0 aliphatic carbocycles. The highest BCUT2D eigenvalue weighted by Gasteiger charge is 2.65. The Morgan fingerprint density at radius 2 is 1.73 bits per heavy atom. The SMILES string of the molecule is NCCC[Si]1(O)O[Si](O)(CP(=O)(O)O)O1. The molecule has 0 aromatic carbocycles. The topological polar surface area (TPSA) is 142 Å². The Hall–Kier alpha value is 0.384. The van der Waals surface area contributed by atoms with Crippen LogP contribution in [0.15, 0.2) is 0 Å². The molecule has 0 bridgehead atoms. The lowest BCUT2D eigenvalue weighted by molar-refractivity contribution is 0.0688. The smallest absolute Gasteiger partial charge is 0.391 e. The summed E-state index contributed by atoms with van der Waals surface area (Å²) in [4.78, 5) is 36.2. The molecule has 0 unspecified atom stereocenters. The van der Waals surface area contributed by atoms with Crippen molar-refractivity contribution in [1.29, 1.82) is 0 Å². The highest BCUT2D eigenvalue weighted by molar-refractivity contribution is 7.54. The molecule has 1 fully saturated rings. The summed E-state index contributed by atoms with van der Waals surface area (Å²) in [5, 5.41) is 0. The number of hydrogen-bond acceptors (Lipinski definition) is 6. The molecule has 1 saturated heterocycles. The molecule has 8 nitrogen and oxygen atoms in total. The third kappa shape index (κ3) is 4.03. The van der Waals surface area contributed by atoms with Crippen molar-refractivity contribution in [2.45, 2.75) is 12.5 Å². The Balaban J connectivity index is 2.43. The first-order chi connectivity index (χ1) is 6.68. The molecule has 0 atom stereocenters. The summed E-state index contributed by atoms with van der Waals surface area (Å²) >= 11 is 0. The fraction of sp³-hybridized carbons (Fsp3) is 1.00. The van der Waals surface area contributed by atoms with Crippen LogP contribution in [0, 0.1) is 0 Å². The second-order valence-electron chi connectivity index (χ2n) is 3.34. The predicted molar refractivity (Wildman–Crippen MR) is 53.5 cm³/mol. The van der Waals surface area contributed by atoms with Gasteiger partial charge in [0, 0.05) is 6.04 Å². The molecule has 0 spiro atoms. The van der Waals surface area contributed by atoms with Crippen LogP contribution in [0.5, 0.6) is 0 Å². The summed E-state index contributed by atoms with van der Waals surface area (Å²) in [5.74, 6) is -0.849. The van der Waals surface area contributed by atoms with Crippen LogP contribution in [0.3, 0.4) is 0 Å². The molecule has 0 amide bonds. The number of nitrogens with two attached hydrogens (primary N) is 1. The zero-order valence-corrected chi connectivity index (χ0v) is 10.8. The van der Waals surface area contributed by atoms with Crippen LogP contribution in [0.25, 0.3) is 0 Å². The van der Waals surface area contributed by atoms with Gasteiger partial charge >= 0.3 is 25.2 Å². The monoisotopic (exact) mass is 275 g/mol. The standard InChI is InChI=1S/C4H14NO7PSi2/c5-2-1-3-14(9)11-15(10,12-14)4-13(6,7)8/h9-10H,1-5H2,(H2,6,7,8). The van der Waals surface area contributed by atoms with Gasteiger partial charge in [0.1, 0.15) is 5.79 Å². The molecule has 6 N–H and O–H groups in total. The molecule has 0 saturated carbocycles. The van der Waals surface area contributed by atoms with Gasteiger partial charge in [-0.3, -0.25) is 4.57 Å². The van der Waals surface area contributed by atoms with Gasteiger partial charge in [-0.1, -0.05) is 0 Å². The van der Waals surface area contributed by atoms with Gasteiger partial charge in [0.25, 0.3) is 0 Å². The number of hydrogen-bond donors (Lipinski definition) is 5. The Morgan fingerprint density at radius 1 is 1.20 bits per heavy atom. The van der Waals surface area contributed by atoms with E-state index in [0.717, 1.165) is 0 Å². The fourth-order valence-electron chi connectivity index (χ4n) is 1.26. The highest BCUT2D eigenvalue weighted by atomic mass is 31.2. The van der Waals surface area contributed by atoms with E-state index in [1.165, 1.54) is 0 Å². The van der Waals surface area contributed by atoms with Crippen LogP contribution >= 0.6 is 7.60 Å². The Labute approximate surface area is 88.5 Å². The number of rotatable bonds is 5. The molecular formula is C4H14NO7PSi2. The Bertz CT molecular complexity index is 276. The lowest BCUT2D eigenvalue weighted by Gasteiger charge is -2.44. The van der Waals surface area contributed by atoms with E-state index in [0.29, 0.717) is 13.0 Å². The van der Waals surface area contributed by atoms with Crippen molar-refractivity contribution >= 4 is 25.2 Å². The van der Waals surface area contributed by atoms with Gasteiger partial charge < -0.3 is 33.3 Å². The van der Waals surface area contributed by atoms with Crippen LogP contribution in [-0.2, 0) is 12.8 Å². The van der Waals surface area contributed by atoms with Gasteiger partial charge in [0.05, 0.1) is 0 Å². The van der Waals surface area contributed by atoms with Gasteiger partial charge in [-0.05, 0) is 13.0 Å². The third-order valence-corrected chi connectivity index (χ3v) is 11.1. The van der Waals surface area contributed by atoms with Crippen molar-refractivity contribution in [3.8, 4) is 0 Å². The van der Waals surface area contributed by atoms with Crippen LogP contribution in [0.1, 0.15) is 6.42 Å². The molecule has 0 radical (unpaired) electrons. The quantitative estimate of drug-likeness (QED) is 0.285. The first kappa shape index (κ1) is 13.4. The molecule has 1 aliphatic heterocycles. The van der Waals surface area contributed by atoms with Gasteiger partial charge in [0.2, 0.25) is 0 Å². The zero-order chi connectivity index (χ0) is 11.7. The van der Waals surface area contributed by atoms with Crippen LogP contribution in [0.4, 0.5) is 0 Å². The fourth-order valence-corrected chi connectivity index (χ4v) is 10.5. The molecule has 15 heavy (non-hydrogen) atoms. The van der Waals surface area contributed by atoms with E-state index in [4.69, 9.17) is 23.8 Å². The largest absolute Gasteiger partial charge is 0.496 e. The predicted octanol–water partition coefficient (Wildman–Crippen LogP) is -2.04. The molecule has 11 heteroatoms. The van der Waals surface area contributed by atoms with E-state index in [-0.39, 0.29) is 6.04 Å². The summed E-state index contributed by atoms with van der Waals surface area (Å²) in [5.41, 5.74) is 5.21. The minimum Gasteiger partial charge on any atom is -0.391 e. The molecule has 1 heterocycles. The van der Waals surface area contributed by atoms with Crippen LogP contribution in [0.2, 0.25) is 6.04 Å². The maximum absolute atomic E-state index is 10.6. The maximum atomic E-state index is 10.6. The Morgan fingerprint density at radius 3 is 2.13 bits per heavy atom. The third-order valence-electron chi connectivity index (χ3n) is 1.74. The summed E-state index contributed by atoms with van der Waals surface area (Å²) in [6, 6.07) is 0.194. The molecule has 90 valence electrons. The summed E-state index contributed by atoms with van der Waals surface area (Å²) in [6.45, 7) is 0.348. The van der Waals surface area contributed by atoms with Crippen LogP contribution in [-0.4, -0.2) is 49.3 Å². The first-order valence-electron chi connectivity index (χ1n) is 4.28. The van der Waals surface area contributed by atoms with Crippen molar-refractivity contribution in [2.24, 2.45) is 5.73 Å². The summed E-state index contributed by atoms with van der Waals surface area (Å²) in [7, 11) is -11.6. The van der Waals surface area contributed by atoms with Crippen molar-refractivity contribution in [3.63, 3.8) is 0 Å². The van der Waals surface area contributed by atoms with Crippen molar-refractivity contribution in [2.75, 3.05) is 12.3 Å². The lowest BCUT2D eigenvalue weighted by atomic mass is 10.5. The minimum absolute atomic E-state index is 0.194.